The Bertz CT molecular complexity index is 216. The predicted molar refractivity (Wildman–Crippen MR) is 99.9 cm³/mol. The lowest BCUT2D eigenvalue weighted by Gasteiger charge is -2.44. The lowest BCUT2D eigenvalue weighted by atomic mass is 9.63. The van der Waals surface area contributed by atoms with Crippen molar-refractivity contribution in [1.29, 1.82) is 0 Å². The summed E-state index contributed by atoms with van der Waals surface area (Å²) in [6.45, 7) is -0.185. The van der Waals surface area contributed by atoms with E-state index in [1.54, 1.807) is 0 Å². The van der Waals surface area contributed by atoms with E-state index in [0.29, 0.717) is 0 Å². The lowest BCUT2D eigenvalue weighted by molar-refractivity contribution is -0.0223. The first-order valence-corrected chi connectivity index (χ1v) is 9.70. The topological polar surface area (TPSA) is 60.7 Å². The maximum atomic E-state index is 9.91. The van der Waals surface area contributed by atoms with Gasteiger partial charge in [-0.05, 0) is 67.1 Å². The molecule has 3 nitrogen and oxygen atoms in total. The first-order chi connectivity index (χ1) is 10.2. The second kappa shape index (κ2) is 13.4. The molecule has 3 N–H and O–H groups in total. The Morgan fingerprint density at radius 2 is 1.05 bits per heavy atom. The van der Waals surface area contributed by atoms with E-state index in [0.717, 1.165) is 55.8 Å². The van der Waals surface area contributed by atoms with Gasteiger partial charge in [0.1, 0.15) is 0 Å². The van der Waals surface area contributed by atoms with Crippen LogP contribution in [-0.4, -0.2) is 52.4 Å². The van der Waals surface area contributed by atoms with Crippen LogP contribution in [0.15, 0.2) is 0 Å². The van der Waals surface area contributed by atoms with Gasteiger partial charge in [0.15, 0.2) is 0 Å². The fourth-order valence-electron chi connectivity index (χ4n) is 3.38. The fourth-order valence-corrected chi connectivity index (χ4v) is 3.85. The third-order valence-corrected chi connectivity index (χ3v) is 5.47. The molecule has 0 amide bonds. The summed E-state index contributed by atoms with van der Waals surface area (Å²) in [7, 11) is 0. The highest BCUT2D eigenvalue weighted by atomic mass is 32.1. The SMILES string of the molecule is OCC(CO)C(CO)C(CCCS)(CCCS)CCCS. The van der Waals surface area contributed by atoms with Crippen LogP contribution in [-0.2, 0) is 0 Å². The van der Waals surface area contributed by atoms with Crippen LogP contribution in [0.5, 0.6) is 0 Å². The molecule has 1 unspecified atom stereocenters. The summed E-state index contributed by atoms with van der Waals surface area (Å²) in [5.74, 6) is 2.07. The number of hydrogen-bond donors (Lipinski definition) is 6. The quantitative estimate of drug-likeness (QED) is 0.271. The van der Waals surface area contributed by atoms with Crippen molar-refractivity contribution in [2.45, 2.75) is 38.5 Å². The Morgan fingerprint density at radius 3 is 1.29 bits per heavy atom. The van der Waals surface area contributed by atoms with Crippen LogP contribution in [0.1, 0.15) is 38.5 Å². The van der Waals surface area contributed by atoms with Crippen LogP contribution in [0.25, 0.3) is 0 Å². The van der Waals surface area contributed by atoms with Crippen molar-refractivity contribution in [3.8, 4) is 0 Å². The van der Waals surface area contributed by atoms with Gasteiger partial charge in [-0.2, -0.15) is 37.9 Å². The first-order valence-electron chi connectivity index (χ1n) is 7.80. The summed E-state index contributed by atoms with van der Waals surface area (Å²) >= 11 is 13.0. The summed E-state index contributed by atoms with van der Waals surface area (Å²) in [5.41, 5.74) is -0.0704. The van der Waals surface area contributed by atoms with Crippen molar-refractivity contribution in [3.63, 3.8) is 0 Å². The number of thiol groups is 3. The highest BCUT2D eigenvalue weighted by Crippen LogP contribution is 2.45. The maximum Gasteiger partial charge on any atom is 0.0484 e. The van der Waals surface area contributed by atoms with Crippen LogP contribution < -0.4 is 0 Å². The zero-order chi connectivity index (χ0) is 16.1. The zero-order valence-electron chi connectivity index (χ0n) is 12.8. The van der Waals surface area contributed by atoms with Crippen LogP contribution >= 0.6 is 37.9 Å². The van der Waals surface area contributed by atoms with Gasteiger partial charge in [-0.15, -0.1) is 0 Å². The predicted octanol–water partition coefficient (Wildman–Crippen LogP) is 2.31. The summed E-state index contributed by atoms with van der Waals surface area (Å²) in [4.78, 5) is 0. The zero-order valence-corrected chi connectivity index (χ0v) is 15.5. The molecule has 0 aromatic rings. The first kappa shape index (κ1) is 21.9. The Morgan fingerprint density at radius 1 is 0.667 bits per heavy atom. The molecule has 0 rings (SSSR count). The van der Waals surface area contributed by atoms with Crippen molar-refractivity contribution in [2.24, 2.45) is 17.3 Å². The number of hydrogen-bond acceptors (Lipinski definition) is 6. The van der Waals surface area contributed by atoms with Gasteiger partial charge in [-0.25, -0.2) is 0 Å². The average Bonchev–Trinajstić information content (AvgIpc) is 2.52. The molecule has 0 heterocycles. The molecule has 6 heteroatoms. The van der Waals surface area contributed by atoms with Gasteiger partial charge in [-0.3, -0.25) is 0 Å². The smallest absolute Gasteiger partial charge is 0.0484 e. The highest BCUT2D eigenvalue weighted by molar-refractivity contribution is 7.80. The van der Waals surface area contributed by atoms with E-state index >= 15 is 0 Å². The number of aliphatic hydroxyl groups excluding tert-OH is 3. The molecule has 128 valence electrons. The van der Waals surface area contributed by atoms with E-state index < -0.39 is 0 Å². The molecule has 0 aromatic heterocycles. The molecule has 0 aromatic carbocycles. The van der Waals surface area contributed by atoms with Crippen molar-refractivity contribution in [2.75, 3.05) is 37.1 Å². The number of aliphatic hydroxyl groups is 3. The monoisotopic (exact) mass is 356 g/mol. The standard InChI is InChI=1S/C15H32O3S3/c16-10-13(11-17)14(12-18)15(4-1-7-19,5-2-8-20)6-3-9-21/h13-14,16-21H,1-12H2. The van der Waals surface area contributed by atoms with E-state index in [-0.39, 0.29) is 37.1 Å². The van der Waals surface area contributed by atoms with Gasteiger partial charge in [0.05, 0.1) is 0 Å². The Kier molecular flexibility index (Phi) is 14.0. The van der Waals surface area contributed by atoms with E-state index in [2.05, 4.69) is 37.9 Å². The molecule has 0 spiro atoms. The summed E-state index contributed by atoms with van der Waals surface area (Å²) in [6.07, 6.45) is 5.80. The van der Waals surface area contributed by atoms with E-state index in [1.165, 1.54) is 0 Å². The van der Waals surface area contributed by atoms with Gasteiger partial charge in [0.2, 0.25) is 0 Å². The van der Waals surface area contributed by atoms with Crippen molar-refractivity contribution >= 4 is 37.9 Å². The third-order valence-electron chi connectivity index (χ3n) is 4.52. The minimum Gasteiger partial charge on any atom is -0.396 e. The second-order valence-corrected chi connectivity index (χ2v) is 7.10. The van der Waals surface area contributed by atoms with Crippen LogP contribution in [0.3, 0.4) is 0 Å². The molecular weight excluding hydrogens is 324 g/mol. The molecular formula is C15H32O3S3. The van der Waals surface area contributed by atoms with E-state index in [1.807, 2.05) is 0 Å². The van der Waals surface area contributed by atoms with Crippen molar-refractivity contribution in [1.82, 2.24) is 0 Å². The average molecular weight is 357 g/mol. The molecule has 1 atom stereocenters. The van der Waals surface area contributed by atoms with Crippen molar-refractivity contribution < 1.29 is 15.3 Å². The lowest BCUT2D eigenvalue weighted by Crippen LogP contribution is -2.41. The van der Waals surface area contributed by atoms with Crippen LogP contribution in [0.4, 0.5) is 0 Å². The maximum absolute atomic E-state index is 9.91. The van der Waals surface area contributed by atoms with E-state index in [4.69, 9.17) is 0 Å². The number of rotatable bonds is 14. The highest BCUT2D eigenvalue weighted by Gasteiger charge is 2.40. The van der Waals surface area contributed by atoms with Gasteiger partial charge in [-0.1, -0.05) is 0 Å². The summed E-state index contributed by atoms with van der Waals surface area (Å²) in [6, 6.07) is 0. The normalized spacial score (nSPS) is 13.9. The largest absolute Gasteiger partial charge is 0.396 e. The molecule has 0 saturated heterocycles. The molecule has 0 aliphatic carbocycles. The molecule has 0 aliphatic rings. The van der Waals surface area contributed by atoms with Gasteiger partial charge >= 0.3 is 0 Å². The van der Waals surface area contributed by atoms with Crippen molar-refractivity contribution in [3.05, 3.63) is 0 Å². The molecule has 21 heavy (non-hydrogen) atoms. The summed E-state index contributed by atoms with van der Waals surface area (Å²) in [5, 5.41) is 29.0. The van der Waals surface area contributed by atoms with Crippen LogP contribution in [0, 0.1) is 17.3 Å². The fraction of sp³-hybridized carbons (Fsp3) is 1.00. The van der Waals surface area contributed by atoms with Crippen LogP contribution in [0.2, 0.25) is 0 Å². The molecule has 0 radical (unpaired) electrons. The summed E-state index contributed by atoms with van der Waals surface area (Å²) < 4.78 is 0. The van der Waals surface area contributed by atoms with Gasteiger partial charge in [0.25, 0.3) is 0 Å². The molecule has 0 bridgehead atoms. The minimum absolute atomic E-state index is 0.00248. The molecule has 0 aliphatic heterocycles. The van der Waals surface area contributed by atoms with Gasteiger partial charge < -0.3 is 15.3 Å². The molecule has 0 fully saturated rings. The minimum atomic E-state index is -0.269. The Labute approximate surface area is 146 Å². The molecule has 0 saturated carbocycles. The third kappa shape index (κ3) is 7.36. The Balaban J connectivity index is 5.30. The van der Waals surface area contributed by atoms with Gasteiger partial charge in [0, 0.05) is 25.7 Å². The Hall–Kier alpha value is 0.930. The van der Waals surface area contributed by atoms with E-state index in [9.17, 15) is 15.3 Å². The second-order valence-electron chi connectivity index (χ2n) is 5.76.